The van der Waals surface area contributed by atoms with Crippen LogP contribution in [0.2, 0.25) is 0 Å². The minimum Gasteiger partial charge on any atom is -0.326 e. The van der Waals surface area contributed by atoms with E-state index in [1.165, 1.54) is 11.3 Å². The van der Waals surface area contributed by atoms with E-state index in [0.717, 1.165) is 17.0 Å². The number of imidazole rings is 1. The highest BCUT2D eigenvalue weighted by Crippen LogP contribution is 2.25. The van der Waals surface area contributed by atoms with Crippen molar-refractivity contribution in [3.63, 3.8) is 0 Å². The Morgan fingerprint density at radius 1 is 1.47 bits per heavy atom. The number of thiazole rings is 1. The smallest absolute Gasteiger partial charge is 0.161 e. The van der Waals surface area contributed by atoms with Crippen LogP contribution in [0.4, 0.5) is 0 Å². The van der Waals surface area contributed by atoms with Crippen LogP contribution in [-0.4, -0.2) is 20.8 Å². The number of hydrogen-bond acceptors (Lipinski definition) is 4. The zero-order chi connectivity index (χ0) is 10.8. The molecule has 0 aliphatic carbocycles. The van der Waals surface area contributed by atoms with Crippen molar-refractivity contribution in [2.75, 3.05) is 0 Å². The summed E-state index contributed by atoms with van der Waals surface area (Å²) in [6, 6.07) is 0.339. The monoisotopic (exact) mass is 221 g/mol. The number of rotatable bonds is 3. The topological polar surface area (TPSA) is 47.8 Å². The maximum Gasteiger partial charge on any atom is 0.161 e. The summed E-state index contributed by atoms with van der Waals surface area (Å²) in [5.74, 6) is 0. The average Bonchev–Trinajstić information content (AvgIpc) is 2.85. The van der Waals surface area contributed by atoms with Gasteiger partial charge in [-0.3, -0.25) is 4.79 Å². The van der Waals surface area contributed by atoms with E-state index < -0.39 is 0 Å². The minimum atomic E-state index is 0.339. The van der Waals surface area contributed by atoms with Crippen LogP contribution in [0.3, 0.4) is 0 Å². The van der Waals surface area contributed by atoms with Gasteiger partial charge in [0.1, 0.15) is 5.01 Å². The van der Waals surface area contributed by atoms with Gasteiger partial charge in [-0.1, -0.05) is 0 Å². The Kier molecular flexibility index (Phi) is 2.64. The van der Waals surface area contributed by atoms with Gasteiger partial charge >= 0.3 is 0 Å². The van der Waals surface area contributed by atoms with Crippen LogP contribution >= 0.6 is 11.3 Å². The first-order valence-electron chi connectivity index (χ1n) is 4.65. The van der Waals surface area contributed by atoms with E-state index in [4.69, 9.17) is 0 Å². The van der Waals surface area contributed by atoms with Crippen molar-refractivity contribution in [1.29, 1.82) is 0 Å². The molecule has 5 heteroatoms. The lowest BCUT2D eigenvalue weighted by Gasteiger charge is -2.09. The Balaban J connectivity index is 2.44. The molecular weight excluding hydrogens is 210 g/mol. The van der Waals surface area contributed by atoms with Gasteiger partial charge < -0.3 is 4.57 Å². The number of nitrogens with zero attached hydrogens (tertiary/aromatic N) is 3. The van der Waals surface area contributed by atoms with Gasteiger partial charge in [0, 0.05) is 12.2 Å². The van der Waals surface area contributed by atoms with Crippen LogP contribution in [0.5, 0.6) is 0 Å². The molecule has 0 radical (unpaired) electrons. The Morgan fingerprint density at radius 3 is 2.87 bits per heavy atom. The van der Waals surface area contributed by atoms with Crippen molar-refractivity contribution < 1.29 is 4.79 Å². The Morgan fingerprint density at radius 2 is 2.27 bits per heavy atom. The molecule has 0 aliphatic heterocycles. The predicted octanol–water partition coefficient (Wildman–Crippen LogP) is 2.40. The molecule has 4 nitrogen and oxygen atoms in total. The third kappa shape index (κ3) is 1.83. The summed E-state index contributed by atoms with van der Waals surface area (Å²) in [4.78, 5) is 19.5. The first-order valence-corrected chi connectivity index (χ1v) is 5.47. The minimum absolute atomic E-state index is 0.339. The number of aldehydes is 1. The maximum atomic E-state index is 10.6. The molecule has 2 heterocycles. The van der Waals surface area contributed by atoms with Crippen molar-refractivity contribution in [3.8, 4) is 10.7 Å². The van der Waals surface area contributed by atoms with Gasteiger partial charge in [-0.15, -0.1) is 11.3 Å². The van der Waals surface area contributed by atoms with Crippen LogP contribution in [-0.2, 0) is 0 Å². The second-order valence-corrected chi connectivity index (χ2v) is 4.53. The summed E-state index contributed by atoms with van der Waals surface area (Å²) in [6.45, 7) is 4.17. The first kappa shape index (κ1) is 10.0. The largest absolute Gasteiger partial charge is 0.326 e. The fourth-order valence-electron chi connectivity index (χ4n) is 1.34. The van der Waals surface area contributed by atoms with Crippen molar-refractivity contribution in [2.24, 2.45) is 0 Å². The van der Waals surface area contributed by atoms with Gasteiger partial charge in [0.15, 0.2) is 6.29 Å². The molecule has 15 heavy (non-hydrogen) atoms. The van der Waals surface area contributed by atoms with Gasteiger partial charge in [0.2, 0.25) is 0 Å². The van der Waals surface area contributed by atoms with E-state index >= 15 is 0 Å². The summed E-state index contributed by atoms with van der Waals surface area (Å²) >= 11 is 1.38. The highest BCUT2D eigenvalue weighted by atomic mass is 32.1. The zero-order valence-corrected chi connectivity index (χ0v) is 9.36. The van der Waals surface area contributed by atoms with Gasteiger partial charge in [0.05, 0.1) is 23.1 Å². The summed E-state index contributed by atoms with van der Waals surface area (Å²) in [6.07, 6.45) is 5.96. The second kappa shape index (κ2) is 3.94. The molecule has 78 valence electrons. The lowest BCUT2D eigenvalue weighted by molar-refractivity contribution is 0.112. The van der Waals surface area contributed by atoms with Gasteiger partial charge in [-0.05, 0) is 13.8 Å². The van der Waals surface area contributed by atoms with E-state index in [1.54, 1.807) is 18.7 Å². The highest BCUT2D eigenvalue weighted by Gasteiger charge is 2.11. The van der Waals surface area contributed by atoms with Crippen molar-refractivity contribution in [3.05, 3.63) is 23.6 Å². The van der Waals surface area contributed by atoms with Gasteiger partial charge in [-0.2, -0.15) is 0 Å². The number of carbonyl (C=O) groups is 1. The fraction of sp³-hybridized carbons (Fsp3) is 0.300. The van der Waals surface area contributed by atoms with E-state index in [0.29, 0.717) is 10.9 Å². The molecule has 2 aromatic heterocycles. The van der Waals surface area contributed by atoms with Crippen molar-refractivity contribution in [2.45, 2.75) is 19.9 Å². The van der Waals surface area contributed by atoms with Crippen LogP contribution in [0.15, 0.2) is 18.7 Å². The molecule has 0 N–H and O–H groups in total. The molecule has 0 fully saturated rings. The summed E-state index contributed by atoms with van der Waals surface area (Å²) in [5, 5.41) is 0.836. The molecule has 0 aliphatic rings. The molecule has 0 atom stereocenters. The van der Waals surface area contributed by atoms with Crippen LogP contribution < -0.4 is 0 Å². The quantitative estimate of drug-likeness (QED) is 0.748. The predicted molar refractivity (Wildman–Crippen MR) is 59.1 cm³/mol. The molecule has 0 bridgehead atoms. The lowest BCUT2D eigenvalue weighted by atomic mass is 10.3. The molecular formula is C10H11N3OS. The van der Waals surface area contributed by atoms with Crippen LogP contribution in [0, 0.1) is 0 Å². The number of carbonyl (C=O) groups excluding carboxylic acids is 1. The molecule has 0 saturated heterocycles. The van der Waals surface area contributed by atoms with E-state index in [1.807, 2.05) is 4.57 Å². The van der Waals surface area contributed by atoms with Gasteiger partial charge in [-0.25, -0.2) is 9.97 Å². The van der Waals surface area contributed by atoms with E-state index in [2.05, 4.69) is 23.8 Å². The molecule has 2 aromatic rings. The molecule has 0 spiro atoms. The van der Waals surface area contributed by atoms with E-state index in [9.17, 15) is 4.79 Å². The van der Waals surface area contributed by atoms with E-state index in [-0.39, 0.29) is 0 Å². The van der Waals surface area contributed by atoms with Crippen molar-refractivity contribution >= 4 is 17.6 Å². The standard InChI is InChI=1S/C10H11N3OS/c1-7(2)13-6-11-4-9(13)10-12-3-8(5-14)15-10/h3-7H,1-2H3. The third-order valence-electron chi connectivity index (χ3n) is 2.08. The van der Waals surface area contributed by atoms with Crippen molar-refractivity contribution in [1.82, 2.24) is 14.5 Å². The molecule has 2 rings (SSSR count). The summed E-state index contributed by atoms with van der Waals surface area (Å²) in [5.41, 5.74) is 0.961. The second-order valence-electron chi connectivity index (χ2n) is 3.47. The lowest BCUT2D eigenvalue weighted by Crippen LogP contribution is -2.00. The maximum absolute atomic E-state index is 10.6. The molecule has 0 unspecified atom stereocenters. The zero-order valence-electron chi connectivity index (χ0n) is 8.54. The molecule has 0 saturated carbocycles. The first-order chi connectivity index (χ1) is 7.22. The van der Waals surface area contributed by atoms with Crippen LogP contribution in [0.1, 0.15) is 29.6 Å². The third-order valence-corrected chi connectivity index (χ3v) is 3.03. The SMILES string of the molecule is CC(C)n1cncc1-c1ncc(C=O)s1. The fourth-order valence-corrected chi connectivity index (χ4v) is 2.09. The van der Waals surface area contributed by atoms with Gasteiger partial charge in [0.25, 0.3) is 0 Å². The Labute approximate surface area is 91.6 Å². The summed E-state index contributed by atoms with van der Waals surface area (Å²) < 4.78 is 2.04. The molecule has 0 amide bonds. The summed E-state index contributed by atoms with van der Waals surface area (Å²) in [7, 11) is 0. The highest BCUT2D eigenvalue weighted by molar-refractivity contribution is 7.16. The Hall–Kier alpha value is -1.49. The number of hydrogen-bond donors (Lipinski definition) is 0. The Bertz CT molecular complexity index is 472. The average molecular weight is 221 g/mol. The number of aromatic nitrogens is 3. The normalized spacial score (nSPS) is 10.9. The molecule has 0 aromatic carbocycles. The van der Waals surface area contributed by atoms with Crippen LogP contribution in [0.25, 0.3) is 10.7 Å².